The van der Waals surface area contributed by atoms with Crippen LogP contribution < -0.4 is 0 Å². The molecule has 63 heavy (non-hydrogen) atoms. The van der Waals surface area contributed by atoms with E-state index in [1.54, 1.807) is 46.4 Å². The van der Waals surface area contributed by atoms with Crippen LogP contribution in [0, 0.1) is 23.7 Å². The molecule has 3 fully saturated rings. The zero-order valence-electron chi connectivity index (χ0n) is 42.1. The molecule has 0 spiro atoms. The van der Waals surface area contributed by atoms with Gasteiger partial charge in [-0.3, -0.25) is 4.79 Å². The molecule has 0 aromatic heterocycles. The van der Waals surface area contributed by atoms with E-state index in [-0.39, 0.29) is 56.2 Å². The van der Waals surface area contributed by atoms with Crippen LogP contribution in [0.5, 0.6) is 0 Å². The van der Waals surface area contributed by atoms with Crippen molar-refractivity contribution in [3.05, 3.63) is 0 Å². The van der Waals surface area contributed by atoms with E-state index in [1.165, 1.54) is 26.6 Å². The number of carbonyl (C=O) groups excluding carboxylic acids is 2. The molecule has 0 aliphatic carbocycles. The summed E-state index contributed by atoms with van der Waals surface area (Å²) in [4.78, 5) is 32.5. The third-order valence-electron chi connectivity index (χ3n) is 14.9. The van der Waals surface area contributed by atoms with E-state index in [1.807, 2.05) is 39.8 Å². The molecule has 14 nitrogen and oxygen atoms in total. The molecule has 3 aliphatic heterocycles. The molecule has 1 amide bonds. The maximum absolute atomic E-state index is 14.6. The Bertz CT molecular complexity index is 1430. The number of carbonyl (C=O) groups is 2. The minimum Gasteiger partial charge on any atom is -0.383 e. The van der Waals surface area contributed by atoms with E-state index in [9.17, 15) is 35.1 Å². The Balaban J connectivity index is 2.15. The second-order valence-electron chi connectivity index (χ2n) is 22.2. The minimum absolute atomic E-state index is 0.122. The molecule has 0 saturated carbocycles. The van der Waals surface area contributed by atoms with Crippen LogP contribution in [0.25, 0.3) is 0 Å². The maximum atomic E-state index is 14.6. The summed E-state index contributed by atoms with van der Waals surface area (Å²) in [5, 5.41) is 60.1. The van der Waals surface area contributed by atoms with Crippen molar-refractivity contribution in [2.75, 3.05) is 53.9 Å². The number of rotatable bonds is 14. The summed E-state index contributed by atoms with van der Waals surface area (Å²) in [7, 11) is 4.20. The molecule has 3 heterocycles. The molecule has 0 aromatic carbocycles. The standard InChI is InChI=1S/C48H93N2O12P/c1-17-37-48(10,57)41(53)33(6)50(38(51)23-21-19-18-20-22-24-63(14,15)16)28-29(2)26-46(8,56)43(62-45-40(52)35(49(11)12)25-30(3)59-45)31(4)39(32(5)44(55)61-37)36-27-47(9,58-13)42(54)34(7)60-36/h29-37,39-43,45,52-54,56-57,63H,17-28H2,1-16H3/t29-,30-,31+,32-,33-,34+,35+,36-,37-,39?,40-,41-,42+,43-,45+,46-,47-,48-/m1/s1. The molecule has 3 aliphatic rings. The summed E-state index contributed by atoms with van der Waals surface area (Å²) in [5.74, 6) is -3.53. The Morgan fingerprint density at radius 1 is 0.905 bits per heavy atom. The molecule has 372 valence electrons. The normalized spacial score (nSPS) is 43.2. The first-order chi connectivity index (χ1) is 29.0. The zero-order valence-corrected chi connectivity index (χ0v) is 43.1. The fourth-order valence-corrected chi connectivity index (χ4v) is 12.3. The Morgan fingerprint density at radius 2 is 1.51 bits per heavy atom. The second kappa shape index (κ2) is 23.3. The van der Waals surface area contributed by atoms with E-state index < -0.39 is 103 Å². The fourth-order valence-electron chi connectivity index (χ4n) is 11.0. The number of unbranched alkanes of at least 4 members (excludes halogenated alkanes) is 4. The van der Waals surface area contributed by atoms with Crippen molar-refractivity contribution >= 4 is 19.1 Å². The van der Waals surface area contributed by atoms with Gasteiger partial charge in [0.1, 0.15) is 18.3 Å². The van der Waals surface area contributed by atoms with Crippen molar-refractivity contribution in [2.45, 2.75) is 217 Å². The fraction of sp³-hybridized carbons (Fsp3) is 0.958. The van der Waals surface area contributed by atoms with Gasteiger partial charge >= 0.3 is 149 Å². The van der Waals surface area contributed by atoms with E-state index in [0.29, 0.717) is 12.8 Å². The minimum atomic E-state index is -1.96. The van der Waals surface area contributed by atoms with Crippen LogP contribution in [0.1, 0.15) is 133 Å². The number of likely N-dealkylation sites (N-methyl/N-ethyl adjacent to an activating group) is 1. The van der Waals surface area contributed by atoms with Crippen molar-refractivity contribution in [1.82, 2.24) is 9.80 Å². The third kappa shape index (κ3) is 14.5. The quantitative estimate of drug-likeness (QED) is 0.0886. The molecular formula is C48H93N2O12P. The summed E-state index contributed by atoms with van der Waals surface area (Å²) in [6.45, 7) is 25.0. The van der Waals surface area contributed by atoms with Gasteiger partial charge in [0.25, 0.3) is 0 Å². The molecule has 5 N–H and O–H groups in total. The van der Waals surface area contributed by atoms with Gasteiger partial charge in [-0.15, -0.1) is 0 Å². The van der Waals surface area contributed by atoms with Gasteiger partial charge in [-0.2, -0.15) is 0 Å². The average Bonchev–Trinajstić information content (AvgIpc) is 3.18. The van der Waals surface area contributed by atoms with E-state index in [0.717, 1.165) is 19.3 Å². The van der Waals surface area contributed by atoms with Crippen LogP contribution in [0.4, 0.5) is 0 Å². The number of nitrogens with zero attached hydrogens (tertiary/aromatic N) is 2. The number of methoxy groups -OCH3 is 1. The predicted molar refractivity (Wildman–Crippen MR) is 251 cm³/mol. The molecule has 15 heteroatoms. The monoisotopic (exact) mass is 921 g/mol. The molecule has 3 rings (SSSR count). The molecule has 1 unspecified atom stereocenters. The van der Waals surface area contributed by atoms with Crippen molar-refractivity contribution in [1.29, 1.82) is 0 Å². The van der Waals surface area contributed by atoms with Gasteiger partial charge in [-0.05, 0) is 67.5 Å². The zero-order chi connectivity index (χ0) is 48.0. The number of aliphatic hydroxyl groups is 5. The second-order valence-corrected chi connectivity index (χ2v) is 27.8. The van der Waals surface area contributed by atoms with Gasteiger partial charge in [0, 0.05) is 25.5 Å². The van der Waals surface area contributed by atoms with Crippen LogP contribution in [-0.4, -0.2) is 185 Å². The van der Waals surface area contributed by atoms with Crippen LogP contribution >= 0.6 is 7.26 Å². The van der Waals surface area contributed by atoms with Gasteiger partial charge in [0.2, 0.25) is 0 Å². The Kier molecular flexibility index (Phi) is 20.8. The van der Waals surface area contributed by atoms with Crippen LogP contribution in [0.3, 0.4) is 0 Å². The Hall–Kier alpha value is -1.03. The summed E-state index contributed by atoms with van der Waals surface area (Å²) in [6, 6.07) is -1.18. The summed E-state index contributed by atoms with van der Waals surface area (Å²) in [5.41, 5.74) is -4.65. The summed E-state index contributed by atoms with van der Waals surface area (Å²) in [6.07, 6.45) is -1.05. The number of amides is 1. The molecule has 3 saturated heterocycles. The van der Waals surface area contributed by atoms with Crippen LogP contribution in [-0.2, 0) is 33.3 Å². The van der Waals surface area contributed by atoms with Gasteiger partial charge in [-0.25, -0.2) is 0 Å². The predicted octanol–water partition coefficient (Wildman–Crippen LogP) is 5.05. The number of cyclic esters (lactones) is 1. The van der Waals surface area contributed by atoms with Crippen LogP contribution in [0.2, 0.25) is 0 Å². The number of ether oxygens (including phenoxy) is 5. The topological polar surface area (TPSA) is 188 Å². The van der Waals surface area contributed by atoms with Gasteiger partial charge in [0.15, 0.2) is 6.29 Å². The number of aliphatic hydroxyl groups excluding tert-OH is 3. The SMILES string of the molecule is CC[C@H]1OC(=O)[C@H](C)C([C@H]2C[C@@](C)(OC)[C@@H](O)[C@H](C)O2)[C@H](C)[C@@H](O[C@@H]2O[C@H](C)C[C@H](N(C)C)[C@H]2O)[C@](C)(O)C[C@@H](C)CN(C(=O)CCCCCCC[PH](C)(C)C)[C@H](C)[C@@H](O)[C@]1(C)O. The van der Waals surface area contributed by atoms with E-state index >= 15 is 0 Å². The van der Waals surface area contributed by atoms with Crippen molar-refractivity contribution in [3.63, 3.8) is 0 Å². The van der Waals surface area contributed by atoms with Crippen LogP contribution in [0.15, 0.2) is 0 Å². The number of hydrogen-bond acceptors (Lipinski definition) is 13. The number of esters is 1. The molecule has 0 aromatic rings. The first-order valence-electron chi connectivity index (χ1n) is 24.2. The van der Waals surface area contributed by atoms with E-state index in [4.69, 9.17) is 23.7 Å². The Morgan fingerprint density at radius 3 is 2.08 bits per heavy atom. The third-order valence-corrected chi connectivity index (χ3v) is 16.8. The molecule has 18 atom stereocenters. The van der Waals surface area contributed by atoms with Crippen molar-refractivity contribution in [2.24, 2.45) is 23.7 Å². The molecule has 0 bridgehead atoms. The van der Waals surface area contributed by atoms with Gasteiger partial charge in [0.05, 0.1) is 41.5 Å². The Labute approximate surface area is 381 Å². The van der Waals surface area contributed by atoms with Gasteiger partial charge in [-0.1, -0.05) is 20.8 Å². The smallest absolute Gasteiger partial charge is 0.383 e. The summed E-state index contributed by atoms with van der Waals surface area (Å²) < 4.78 is 31.9. The van der Waals surface area contributed by atoms with Crippen molar-refractivity contribution < 1.29 is 58.8 Å². The molecular weight excluding hydrogens is 828 g/mol. The molecule has 0 radical (unpaired) electrons. The van der Waals surface area contributed by atoms with Crippen molar-refractivity contribution in [3.8, 4) is 0 Å². The van der Waals surface area contributed by atoms with E-state index in [2.05, 4.69) is 20.0 Å². The summed E-state index contributed by atoms with van der Waals surface area (Å²) >= 11 is 0. The van der Waals surface area contributed by atoms with Gasteiger partial charge < -0.3 is 49.0 Å². The first kappa shape index (κ1) is 56.3. The number of hydrogen-bond donors (Lipinski definition) is 5. The average molecular weight is 921 g/mol. The first-order valence-corrected chi connectivity index (χ1v) is 27.9.